The standard InChI is InChI=1S/C45H34BN6.C5H2F6O2.Co/c1-7-19-34(20-8-1)40-31-43(37-25-13-4-14-26-37)50(47-40)46(51-44(38-27-15-5-16-28-38)32-41(48-51)35-21-9-2-10-22-35)52-45(39-29-17-6-18-30-39)33-42(49-52)36-23-11-3-12-24-36;6-4(7,8)2(12)1-3(13)5(9,10)11;/h1-33,46H;1,12H;/q-1;;+2/p-1/b;2-1-;. The first kappa shape index (κ1) is 46.3. The molecular formula is C50H35BCoF6N6O2. The maximum absolute atomic E-state index is 11.3. The number of nitrogens with zero attached hydrogens (tertiary/aromatic N) is 6. The van der Waals surface area contributed by atoms with Crippen LogP contribution in [0.3, 0.4) is 0 Å². The van der Waals surface area contributed by atoms with Crippen LogP contribution in [0.25, 0.3) is 67.5 Å². The van der Waals surface area contributed by atoms with Crippen molar-refractivity contribution in [2.75, 3.05) is 0 Å². The topological polar surface area (TPSA) is 93.6 Å². The van der Waals surface area contributed by atoms with E-state index in [0.717, 1.165) is 67.5 Å². The van der Waals surface area contributed by atoms with Gasteiger partial charge in [-0.05, 0) is 46.7 Å². The van der Waals surface area contributed by atoms with Gasteiger partial charge in [-0.1, -0.05) is 182 Å². The summed E-state index contributed by atoms with van der Waals surface area (Å²) in [6, 6.07) is 69.2. The van der Waals surface area contributed by atoms with Crippen molar-refractivity contribution in [2.45, 2.75) is 12.4 Å². The Labute approximate surface area is 385 Å². The molecule has 0 amide bonds. The molecule has 0 aliphatic carbocycles. The van der Waals surface area contributed by atoms with Crippen molar-refractivity contribution < 1.29 is 53.0 Å². The molecule has 0 bridgehead atoms. The van der Waals surface area contributed by atoms with Crippen LogP contribution < -0.4 is 5.11 Å². The van der Waals surface area contributed by atoms with Crippen LogP contribution in [0.1, 0.15) is 0 Å². The van der Waals surface area contributed by atoms with Crippen molar-refractivity contribution in [3.8, 4) is 67.5 Å². The third-order valence-corrected chi connectivity index (χ3v) is 10.4. The van der Waals surface area contributed by atoms with E-state index in [1.807, 2.05) is 36.4 Å². The third-order valence-electron chi connectivity index (χ3n) is 10.4. The largest absolute Gasteiger partial charge is 2.00 e. The van der Waals surface area contributed by atoms with Crippen LogP contribution in [0.2, 0.25) is 0 Å². The molecule has 6 aromatic carbocycles. The van der Waals surface area contributed by atoms with Gasteiger partial charge < -0.3 is 18.9 Å². The van der Waals surface area contributed by atoms with Crippen LogP contribution in [0.4, 0.5) is 26.3 Å². The van der Waals surface area contributed by atoms with Gasteiger partial charge in [0, 0.05) is 33.8 Å². The van der Waals surface area contributed by atoms with Crippen molar-refractivity contribution in [3.63, 3.8) is 0 Å². The van der Waals surface area contributed by atoms with Crippen molar-refractivity contribution in [1.82, 2.24) is 29.1 Å². The summed E-state index contributed by atoms with van der Waals surface area (Å²) in [4.78, 5) is 9.82. The van der Waals surface area contributed by atoms with E-state index < -0.39 is 37.1 Å². The van der Waals surface area contributed by atoms with Crippen LogP contribution in [-0.2, 0) is 21.6 Å². The van der Waals surface area contributed by atoms with E-state index in [9.17, 15) is 36.2 Å². The van der Waals surface area contributed by atoms with Gasteiger partial charge in [0.1, 0.15) is 0 Å². The van der Waals surface area contributed by atoms with Gasteiger partial charge in [-0.2, -0.15) is 26.3 Å². The van der Waals surface area contributed by atoms with Crippen LogP contribution in [0.5, 0.6) is 0 Å². The number of alkyl halides is 6. The fourth-order valence-corrected chi connectivity index (χ4v) is 7.33. The fraction of sp³-hybridized carbons (Fsp3) is 0.0400. The van der Waals surface area contributed by atoms with Crippen LogP contribution in [0.15, 0.2) is 212 Å². The number of hydrogen-bond donors (Lipinski definition) is 0. The van der Waals surface area contributed by atoms with Crippen LogP contribution in [-0.4, -0.2) is 54.3 Å². The Bertz CT molecular complexity index is 2750. The van der Waals surface area contributed by atoms with E-state index in [0.29, 0.717) is 0 Å². The van der Waals surface area contributed by atoms with Gasteiger partial charge in [-0.25, -0.2) is 15.3 Å². The molecule has 3 aromatic heterocycles. The average molecular weight is 936 g/mol. The Morgan fingerprint density at radius 3 is 0.894 bits per heavy atom. The zero-order chi connectivity index (χ0) is 45.6. The van der Waals surface area contributed by atoms with Gasteiger partial charge in [-0.3, -0.25) is 4.79 Å². The Hall–Kier alpha value is -7.69. The van der Waals surface area contributed by atoms with Crippen LogP contribution in [0, 0.1) is 0 Å². The normalized spacial score (nSPS) is 11.7. The van der Waals surface area contributed by atoms with E-state index in [4.69, 9.17) is 15.3 Å². The fourth-order valence-electron chi connectivity index (χ4n) is 7.33. The van der Waals surface area contributed by atoms with E-state index in [-0.39, 0.29) is 16.8 Å². The van der Waals surface area contributed by atoms with Crippen molar-refractivity contribution in [1.29, 1.82) is 0 Å². The summed E-state index contributed by atoms with van der Waals surface area (Å²) in [5, 5.41) is 26.2. The second kappa shape index (κ2) is 20.0. The summed E-state index contributed by atoms with van der Waals surface area (Å²) in [6.07, 6.45) is -11.9. The molecule has 0 unspecified atom stereocenters. The minimum Gasteiger partial charge on any atom is -0.869 e. The van der Waals surface area contributed by atoms with Crippen molar-refractivity contribution in [3.05, 3.63) is 212 Å². The number of halogens is 6. The first-order valence-corrected chi connectivity index (χ1v) is 20.2. The first-order valence-electron chi connectivity index (χ1n) is 20.2. The van der Waals surface area contributed by atoms with E-state index >= 15 is 0 Å². The molecule has 66 heavy (non-hydrogen) atoms. The molecule has 0 fully saturated rings. The molecule has 0 N–H and O–H groups in total. The minimum atomic E-state index is -5.46. The van der Waals surface area contributed by atoms with Gasteiger partial charge in [0.2, 0.25) is 0 Å². The molecule has 3 heterocycles. The Kier molecular flexibility index (Phi) is 14.0. The summed E-state index contributed by atoms with van der Waals surface area (Å²) >= 11 is 0. The molecule has 0 saturated carbocycles. The Morgan fingerprint density at radius 1 is 0.424 bits per heavy atom. The third kappa shape index (κ3) is 10.5. The maximum atomic E-state index is 11.3. The zero-order valence-electron chi connectivity index (χ0n) is 34.4. The van der Waals surface area contributed by atoms with Crippen molar-refractivity contribution in [2.24, 2.45) is 0 Å². The molecule has 0 atom stereocenters. The van der Waals surface area contributed by atoms with E-state index in [2.05, 4.69) is 178 Å². The van der Waals surface area contributed by atoms with Gasteiger partial charge in [0.25, 0.3) is 5.78 Å². The smallest absolute Gasteiger partial charge is 0.869 e. The predicted octanol–water partition coefficient (Wildman–Crippen LogP) is 10.9. The first-order chi connectivity index (χ1) is 31.3. The number of carbonyl (C=O) groups is 1. The van der Waals surface area contributed by atoms with Gasteiger partial charge in [0.05, 0.1) is 17.1 Å². The number of carbonyl (C=O) groups excluding carboxylic acids is 1. The Morgan fingerprint density at radius 2 is 0.667 bits per heavy atom. The SMILES string of the molecule is O=C(/C=C(\[O-])C(F)(F)F)C(F)(F)F.[Co+2].c1ccc(-c2cc(-c3ccccc3)n([BH-](n3nc(-c4ccccc4)cc3-c3ccccc3)n3nc(-c4ccccc4)cc3-c3ccccc3)n2)cc1. The minimum absolute atomic E-state index is 0. The summed E-state index contributed by atoms with van der Waals surface area (Å²) in [5.41, 5.74) is 11.9. The monoisotopic (exact) mass is 935 g/mol. The number of rotatable bonds is 10. The summed E-state index contributed by atoms with van der Waals surface area (Å²) in [7, 11) is -1.96. The number of ketones is 1. The molecule has 331 valence electrons. The van der Waals surface area contributed by atoms with Crippen LogP contribution >= 0.6 is 0 Å². The summed E-state index contributed by atoms with van der Waals surface area (Å²) in [6.45, 7) is 0. The molecule has 1 radical (unpaired) electrons. The molecular weight excluding hydrogens is 900 g/mol. The average Bonchev–Trinajstić information content (AvgIpc) is 4.10. The second-order valence-electron chi connectivity index (χ2n) is 14.7. The molecule has 0 aliphatic heterocycles. The molecule has 9 rings (SSSR count). The molecule has 0 spiro atoms. The number of benzene rings is 6. The van der Waals surface area contributed by atoms with Gasteiger partial charge in [0.15, 0.2) is 0 Å². The van der Waals surface area contributed by atoms with Gasteiger partial charge >= 0.3 is 36.2 Å². The quantitative estimate of drug-likeness (QED) is 0.0589. The van der Waals surface area contributed by atoms with Gasteiger partial charge in [-0.15, -0.1) is 0 Å². The zero-order valence-corrected chi connectivity index (χ0v) is 35.5. The van der Waals surface area contributed by atoms with Crippen molar-refractivity contribution >= 4 is 12.9 Å². The number of hydrogen-bond acceptors (Lipinski definition) is 5. The number of aromatic nitrogens is 6. The number of allylic oxidation sites excluding steroid dienone is 2. The molecule has 0 aliphatic rings. The second-order valence-corrected chi connectivity index (χ2v) is 14.7. The molecule has 8 nitrogen and oxygen atoms in total. The summed E-state index contributed by atoms with van der Waals surface area (Å²) in [5.74, 6) is -5.65. The maximum Gasteiger partial charge on any atom is 2.00 e. The molecule has 16 heteroatoms. The summed E-state index contributed by atoms with van der Waals surface area (Å²) < 4.78 is 74.3. The molecule has 9 aromatic rings. The predicted molar refractivity (Wildman–Crippen MR) is 238 cm³/mol. The van der Waals surface area contributed by atoms with E-state index in [1.165, 1.54) is 0 Å². The van der Waals surface area contributed by atoms with E-state index in [1.54, 1.807) is 0 Å². The Balaban J connectivity index is 0.000000406. The molecule has 0 saturated heterocycles.